The summed E-state index contributed by atoms with van der Waals surface area (Å²) in [7, 11) is 0. The van der Waals surface area contributed by atoms with Crippen molar-refractivity contribution in [3.8, 4) is 0 Å². The van der Waals surface area contributed by atoms with Crippen LogP contribution in [0.4, 0.5) is 0 Å². The summed E-state index contributed by atoms with van der Waals surface area (Å²) >= 11 is 6.07. The average Bonchev–Trinajstić information content (AvgIpc) is 2.06. The highest BCUT2D eigenvalue weighted by Gasteiger charge is 2.01. The molecular weight excluding hydrogens is 182 g/mol. The van der Waals surface area contributed by atoms with E-state index in [1.54, 1.807) is 0 Å². The molecule has 1 nitrogen and oxygen atoms in total. The second-order valence-electron chi connectivity index (χ2n) is 3.10. The summed E-state index contributed by atoms with van der Waals surface area (Å²) < 4.78 is 0. The topological polar surface area (TPSA) is 12.9 Å². The number of halogens is 1. The van der Waals surface area contributed by atoms with Gasteiger partial charge in [0.2, 0.25) is 0 Å². The Morgan fingerprint density at radius 2 is 2.08 bits per heavy atom. The molecule has 0 bridgehead atoms. The van der Waals surface area contributed by atoms with Crippen LogP contribution in [0.2, 0.25) is 5.02 Å². The molecule has 2 aromatic rings. The van der Waals surface area contributed by atoms with Crippen LogP contribution in [0.5, 0.6) is 0 Å². The molecule has 0 aliphatic carbocycles. The molecule has 0 atom stereocenters. The van der Waals surface area contributed by atoms with Gasteiger partial charge in [0.15, 0.2) is 0 Å². The van der Waals surface area contributed by atoms with Gasteiger partial charge in [0.25, 0.3) is 0 Å². The van der Waals surface area contributed by atoms with Gasteiger partial charge in [-0.05, 0) is 37.6 Å². The van der Waals surface area contributed by atoms with Gasteiger partial charge in [-0.25, -0.2) is 0 Å². The van der Waals surface area contributed by atoms with Gasteiger partial charge in [-0.2, -0.15) is 0 Å². The van der Waals surface area contributed by atoms with E-state index in [1.165, 1.54) is 0 Å². The van der Waals surface area contributed by atoms with E-state index in [4.69, 9.17) is 11.6 Å². The average molecular weight is 191 g/mol. The molecule has 0 aliphatic rings. The lowest BCUT2D eigenvalue weighted by Crippen LogP contribution is -1.85. The maximum absolute atomic E-state index is 6.07. The van der Waals surface area contributed by atoms with Gasteiger partial charge in [0, 0.05) is 11.1 Å². The molecule has 1 aromatic heterocycles. The van der Waals surface area contributed by atoms with Crippen molar-refractivity contribution in [1.82, 2.24) is 4.98 Å². The molecule has 0 N–H and O–H groups in total. The minimum absolute atomic E-state index is 0.744. The number of nitrogens with zero attached hydrogens (tertiary/aromatic N) is 1. The Bertz CT molecular complexity index is 463. The highest BCUT2D eigenvalue weighted by Crippen LogP contribution is 2.23. The number of pyridine rings is 1. The van der Waals surface area contributed by atoms with Crippen molar-refractivity contribution < 1.29 is 0 Å². The van der Waals surface area contributed by atoms with Gasteiger partial charge < -0.3 is 0 Å². The minimum atomic E-state index is 0.744. The molecule has 0 saturated heterocycles. The summed E-state index contributed by atoms with van der Waals surface area (Å²) in [4.78, 5) is 4.37. The van der Waals surface area contributed by atoms with E-state index in [-0.39, 0.29) is 0 Å². The minimum Gasteiger partial charge on any atom is -0.253 e. The van der Waals surface area contributed by atoms with Gasteiger partial charge in [0.05, 0.1) is 10.5 Å². The first kappa shape index (κ1) is 8.52. The SMILES string of the molecule is [CH2]c1ccc2nc(C)cc(Cl)c2c1. The van der Waals surface area contributed by atoms with Gasteiger partial charge in [-0.15, -0.1) is 0 Å². The fraction of sp³-hybridized carbons (Fsp3) is 0.0909. The number of aryl methyl sites for hydroxylation is 1. The van der Waals surface area contributed by atoms with Crippen LogP contribution in [0.1, 0.15) is 11.3 Å². The molecule has 65 valence electrons. The van der Waals surface area contributed by atoms with Crippen LogP contribution in [-0.2, 0) is 0 Å². The maximum Gasteiger partial charge on any atom is 0.0720 e. The van der Waals surface area contributed by atoms with E-state index < -0.39 is 0 Å². The highest BCUT2D eigenvalue weighted by molar-refractivity contribution is 6.35. The van der Waals surface area contributed by atoms with E-state index in [0.29, 0.717) is 0 Å². The van der Waals surface area contributed by atoms with Crippen molar-refractivity contribution in [3.63, 3.8) is 0 Å². The molecule has 1 heterocycles. The zero-order valence-electron chi connectivity index (χ0n) is 7.34. The number of aromatic nitrogens is 1. The van der Waals surface area contributed by atoms with Crippen LogP contribution in [0.25, 0.3) is 10.9 Å². The predicted molar refractivity (Wildman–Crippen MR) is 55.9 cm³/mol. The van der Waals surface area contributed by atoms with Gasteiger partial charge in [0.1, 0.15) is 0 Å². The van der Waals surface area contributed by atoms with Crippen LogP contribution in [0.15, 0.2) is 24.3 Å². The molecule has 0 amide bonds. The third-order valence-electron chi connectivity index (χ3n) is 1.95. The summed E-state index contributed by atoms with van der Waals surface area (Å²) in [5.41, 5.74) is 2.83. The van der Waals surface area contributed by atoms with E-state index in [1.807, 2.05) is 31.2 Å². The molecule has 0 saturated carbocycles. The monoisotopic (exact) mass is 190 g/mol. The number of fused-ring (bicyclic) bond motifs is 1. The highest BCUT2D eigenvalue weighted by atomic mass is 35.5. The summed E-state index contributed by atoms with van der Waals surface area (Å²) in [5.74, 6) is 0. The van der Waals surface area contributed by atoms with Crippen molar-refractivity contribution in [3.05, 3.63) is 47.5 Å². The second-order valence-corrected chi connectivity index (χ2v) is 3.50. The van der Waals surface area contributed by atoms with Crippen LogP contribution in [0.3, 0.4) is 0 Å². The lowest BCUT2D eigenvalue weighted by molar-refractivity contribution is 1.25. The molecule has 13 heavy (non-hydrogen) atoms. The van der Waals surface area contributed by atoms with E-state index in [0.717, 1.165) is 27.2 Å². The Kier molecular flexibility index (Phi) is 1.97. The molecule has 2 rings (SSSR count). The van der Waals surface area contributed by atoms with Crippen LogP contribution < -0.4 is 0 Å². The quantitative estimate of drug-likeness (QED) is 0.621. The second kappa shape index (κ2) is 3.00. The summed E-state index contributed by atoms with van der Waals surface area (Å²) in [5, 5.41) is 1.72. The summed E-state index contributed by atoms with van der Waals surface area (Å²) in [6.45, 7) is 5.78. The molecule has 0 unspecified atom stereocenters. The van der Waals surface area contributed by atoms with Crippen molar-refractivity contribution in [1.29, 1.82) is 0 Å². The molecule has 0 aliphatic heterocycles. The van der Waals surface area contributed by atoms with Crippen molar-refractivity contribution >= 4 is 22.5 Å². The van der Waals surface area contributed by atoms with Crippen molar-refractivity contribution in [2.75, 3.05) is 0 Å². The first-order chi connectivity index (χ1) is 6.16. The molecule has 1 aromatic carbocycles. The Morgan fingerprint density at radius 1 is 1.31 bits per heavy atom. The molecule has 1 radical (unpaired) electrons. The first-order valence-electron chi connectivity index (χ1n) is 4.06. The van der Waals surface area contributed by atoms with E-state index >= 15 is 0 Å². The van der Waals surface area contributed by atoms with E-state index in [2.05, 4.69) is 11.9 Å². The normalized spacial score (nSPS) is 10.7. The number of hydrogen-bond donors (Lipinski definition) is 0. The van der Waals surface area contributed by atoms with Crippen LogP contribution >= 0.6 is 11.6 Å². The Labute approximate surface area is 82.4 Å². The van der Waals surface area contributed by atoms with Gasteiger partial charge in [-0.1, -0.05) is 17.7 Å². The lowest BCUT2D eigenvalue weighted by atomic mass is 10.1. The summed E-state index contributed by atoms with van der Waals surface area (Å²) in [6.07, 6.45) is 0. The molecular formula is C11H9ClN. The summed E-state index contributed by atoms with van der Waals surface area (Å²) in [6, 6.07) is 7.69. The third kappa shape index (κ3) is 1.52. The molecule has 0 spiro atoms. The zero-order chi connectivity index (χ0) is 9.42. The van der Waals surface area contributed by atoms with Crippen molar-refractivity contribution in [2.45, 2.75) is 6.92 Å². The molecule has 0 fully saturated rings. The van der Waals surface area contributed by atoms with Crippen LogP contribution in [0, 0.1) is 13.8 Å². The fourth-order valence-corrected chi connectivity index (χ4v) is 1.66. The fourth-order valence-electron chi connectivity index (χ4n) is 1.36. The van der Waals surface area contributed by atoms with Gasteiger partial charge >= 0.3 is 0 Å². The smallest absolute Gasteiger partial charge is 0.0720 e. The first-order valence-corrected chi connectivity index (χ1v) is 4.43. The lowest BCUT2D eigenvalue weighted by Gasteiger charge is -2.02. The van der Waals surface area contributed by atoms with Gasteiger partial charge in [-0.3, -0.25) is 4.98 Å². The van der Waals surface area contributed by atoms with E-state index in [9.17, 15) is 0 Å². The number of rotatable bonds is 0. The number of benzene rings is 1. The largest absolute Gasteiger partial charge is 0.253 e. The number of hydrogen-bond acceptors (Lipinski definition) is 1. The Balaban J connectivity index is 2.87. The Hall–Kier alpha value is -1.08. The zero-order valence-corrected chi connectivity index (χ0v) is 8.10. The standard InChI is InChI=1S/C11H9ClN/c1-7-3-4-11-9(5-7)10(12)6-8(2)13-11/h3-6H,1H2,2H3. The Morgan fingerprint density at radius 3 is 2.85 bits per heavy atom. The predicted octanol–water partition coefficient (Wildman–Crippen LogP) is 3.38. The maximum atomic E-state index is 6.07. The van der Waals surface area contributed by atoms with Crippen LogP contribution in [-0.4, -0.2) is 4.98 Å². The third-order valence-corrected chi connectivity index (χ3v) is 2.26. The molecule has 2 heteroatoms. The van der Waals surface area contributed by atoms with Crippen molar-refractivity contribution in [2.24, 2.45) is 0 Å².